The van der Waals surface area contributed by atoms with Crippen LogP contribution < -0.4 is 9.57 Å². The number of sulfonamides is 1. The van der Waals surface area contributed by atoms with Gasteiger partial charge in [-0.15, -0.1) is 0 Å². The SMILES string of the molecule is CC(=O)Oc1ccc(Br)cc1/C=N\NS(=O)(=O)c1ccc(C)cc1. The van der Waals surface area contributed by atoms with Crippen molar-refractivity contribution in [3.05, 3.63) is 58.1 Å². The summed E-state index contributed by atoms with van der Waals surface area (Å²) in [5.41, 5.74) is 1.41. The first kappa shape index (κ1) is 18.2. The van der Waals surface area contributed by atoms with Crippen molar-refractivity contribution in [3.8, 4) is 5.75 Å². The third-order valence-corrected chi connectivity index (χ3v) is 4.67. The van der Waals surface area contributed by atoms with Crippen LogP contribution in [0.4, 0.5) is 0 Å². The number of nitrogens with zero attached hydrogens (tertiary/aromatic N) is 1. The van der Waals surface area contributed by atoms with E-state index in [4.69, 9.17) is 4.74 Å². The Labute approximate surface area is 148 Å². The maximum Gasteiger partial charge on any atom is 0.308 e. The van der Waals surface area contributed by atoms with Gasteiger partial charge < -0.3 is 4.74 Å². The first-order valence-electron chi connectivity index (χ1n) is 6.87. The number of carbonyl (C=O) groups is 1. The summed E-state index contributed by atoms with van der Waals surface area (Å²) < 4.78 is 30.1. The molecule has 0 saturated carbocycles. The fourth-order valence-electron chi connectivity index (χ4n) is 1.80. The van der Waals surface area contributed by atoms with Crippen LogP contribution in [0.2, 0.25) is 0 Å². The lowest BCUT2D eigenvalue weighted by Crippen LogP contribution is -2.18. The average Bonchev–Trinajstić information content (AvgIpc) is 2.50. The van der Waals surface area contributed by atoms with E-state index < -0.39 is 16.0 Å². The Morgan fingerprint density at radius 1 is 1.21 bits per heavy atom. The Bertz CT molecular complexity index is 877. The standard InChI is InChI=1S/C16H15BrN2O4S/c1-11-3-6-15(7-4-11)24(21,22)19-18-10-13-9-14(17)5-8-16(13)23-12(2)20/h3-10,19H,1-2H3/b18-10-. The summed E-state index contributed by atoms with van der Waals surface area (Å²) in [4.78, 5) is 13.3. The van der Waals surface area contributed by atoms with Crippen molar-refractivity contribution < 1.29 is 17.9 Å². The lowest BCUT2D eigenvalue weighted by Gasteiger charge is -2.06. The summed E-state index contributed by atoms with van der Waals surface area (Å²) in [7, 11) is -3.76. The summed E-state index contributed by atoms with van der Waals surface area (Å²) in [5.74, 6) is -0.198. The minimum absolute atomic E-state index is 0.111. The summed E-state index contributed by atoms with van der Waals surface area (Å²) in [6, 6.07) is 11.3. The molecule has 0 aromatic heterocycles. The van der Waals surface area contributed by atoms with Gasteiger partial charge in [0.1, 0.15) is 5.75 Å². The molecule has 0 bridgehead atoms. The van der Waals surface area contributed by atoms with Crippen molar-refractivity contribution in [2.24, 2.45) is 5.10 Å². The predicted octanol–water partition coefficient (Wildman–Crippen LogP) is 3.00. The van der Waals surface area contributed by atoms with Gasteiger partial charge in [-0.25, -0.2) is 4.83 Å². The lowest BCUT2D eigenvalue weighted by molar-refractivity contribution is -0.131. The molecular formula is C16H15BrN2O4S. The molecule has 2 aromatic rings. The Balaban J connectivity index is 2.20. The highest BCUT2D eigenvalue weighted by molar-refractivity contribution is 9.10. The van der Waals surface area contributed by atoms with E-state index in [9.17, 15) is 13.2 Å². The minimum atomic E-state index is -3.76. The van der Waals surface area contributed by atoms with Crippen molar-refractivity contribution in [3.63, 3.8) is 0 Å². The number of ether oxygens (including phenoxy) is 1. The number of rotatable bonds is 5. The molecule has 0 unspecified atom stereocenters. The predicted molar refractivity (Wildman–Crippen MR) is 94.5 cm³/mol. The van der Waals surface area contributed by atoms with E-state index >= 15 is 0 Å². The fourth-order valence-corrected chi connectivity index (χ4v) is 2.97. The van der Waals surface area contributed by atoms with Crippen LogP contribution in [0, 0.1) is 6.92 Å². The topological polar surface area (TPSA) is 84.8 Å². The molecule has 8 heteroatoms. The number of hydrazone groups is 1. The van der Waals surface area contributed by atoms with Gasteiger partial charge in [0, 0.05) is 17.0 Å². The van der Waals surface area contributed by atoms with E-state index in [1.54, 1.807) is 30.3 Å². The normalized spacial score (nSPS) is 11.5. The van der Waals surface area contributed by atoms with Gasteiger partial charge in [0.25, 0.3) is 10.0 Å². The average molecular weight is 411 g/mol. The quantitative estimate of drug-likeness (QED) is 0.355. The summed E-state index contributed by atoms with van der Waals surface area (Å²) in [6.45, 7) is 3.15. The fraction of sp³-hybridized carbons (Fsp3) is 0.125. The Morgan fingerprint density at radius 3 is 2.50 bits per heavy atom. The molecular weight excluding hydrogens is 396 g/mol. The molecule has 126 valence electrons. The zero-order valence-corrected chi connectivity index (χ0v) is 15.4. The van der Waals surface area contributed by atoms with Crippen LogP contribution in [0.1, 0.15) is 18.1 Å². The van der Waals surface area contributed by atoms with E-state index in [0.717, 1.165) is 10.0 Å². The van der Waals surface area contributed by atoms with Gasteiger partial charge in [-0.2, -0.15) is 13.5 Å². The van der Waals surface area contributed by atoms with E-state index in [1.165, 1.54) is 25.3 Å². The Kier molecular flexibility index (Phi) is 5.74. The van der Waals surface area contributed by atoms with Gasteiger partial charge in [-0.3, -0.25) is 4.79 Å². The zero-order chi connectivity index (χ0) is 17.7. The van der Waals surface area contributed by atoms with Crippen LogP contribution in [0.5, 0.6) is 5.75 Å². The Hall–Kier alpha value is -2.19. The Morgan fingerprint density at radius 2 is 1.88 bits per heavy atom. The number of hydrogen-bond acceptors (Lipinski definition) is 5. The van der Waals surface area contributed by atoms with Crippen LogP contribution in [0.3, 0.4) is 0 Å². The van der Waals surface area contributed by atoms with Gasteiger partial charge in [0.15, 0.2) is 0 Å². The molecule has 0 radical (unpaired) electrons. The van der Waals surface area contributed by atoms with Crippen molar-refractivity contribution in [2.45, 2.75) is 18.7 Å². The van der Waals surface area contributed by atoms with Gasteiger partial charge >= 0.3 is 5.97 Å². The van der Waals surface area contributed by atoms with Gasteiger partial charge in [0.05, 0.1) is 11.1 Å². The molecule has 0 amide bonds. The van der Waals surface area contributed by atoms with Crippen LogP contribution in [0.15, 0.2) is 56.9 Å². The van der Waals surface area contributed by atoms with E-state index in [-0.39, 0.29) is 10.6 Å². The second kappa shape index (κ2) is 7.59. The van der Waals surface area contributed by atoms with Crippen LogP contribution in [-0.2, 0) is 14.8 Å². The lowest BCUT2D eigenvalue weighted by atomic mass is 10.2. The first-order chi connectivity index (χ1) is 11.3. The molecule has 2 aromatic carbocycles. The molecule has 6 nitrogen and oxygen atoms in total. The molecule has 0 aliphatic rings. The molecule has 0 spiro atoms. The first-order valence-corrected chi connectivity index (χ1v) is 9.15. The maximum atomic E-state index is 12.1. The van der Waals surface area contributed by atoms with Crippen LogP contribution in [0.25, 0.3) is 0 Å². The monoisotopic (exact) mass is 410 g/mol. The highest BCUT2D eigenvalue weighted by Crippen LogP contribution is 2.22. The molecule has 2 rings (SSSR count). The summed E-state index contributed by atoms with van der Waals surface area (Å²) >= 11 is 3.30. The smallest absolute Gasteiger partial charge is 0.308 e. The maximum absolute atomic E-state index is 12.1. The molecule has 0 saturated heterocycles. The molecule has 0 heterocycles. The zero-order valence-electron chi connectivity index (χ0n) is 13.0. The summed E-state index contributed by atoms with van der Waals surface area (Å²) in [5, 5.41) is 3.75. The number of carbonyl (C=O) groups excluding carboxylic acids is 1. The van der Waals surface area contributed by atoms with E-state index in [2.05, 4.69) is 25.9 Å². The molecule has 0 atom stereocenters. The van der Waals surface area contributed by atoms with E-state index in [0.29, 0.717) is 5.56 Å². The number of aryl methyl sites for hydroxylation is 1. The number of nitrogens with one attached hydrogen (secondary N) is 1. The number of halogens is 1. The largest absolute Gasteiger partial charge is 0.426 e. The van der Waals surface area contributed by atoms with Gasteiger partial charge in [-0.05, 0) is 37.3 Å². The molecule has 0 fully saturated rings. The van der Waals surface area contributed by atoms with E-state index in [1.807, 2.05) is 6.92 Å². The molecule has 24 heavy (non-hydrogen) atoms. The van der Waals surface area contributed by atoms with Crippen molar-refractivity contribution in [1.82, 2.24) is 4.83 Å². The summed E-state index contributed by atoms with van der Waals surface area (Å²) in [6.07, 6.45) is 1.27. The number of hydrogen-bond donors (Lipinski definition) is 1. The highest BCUT2D eigenvalue weighted by Gasteiger charge is 2.12. The second-order valence-corrected chi connectivity index (χ2v) is 7.52. The van der Waals surface area contributed by atoms with Crippen molar-refractivity contribution in [1.29, 1.82) is 0 Å². The molecule has 0 aliphatic heterocycles. The molecule has 1 N–H and O–H groups in total. The second-order valence-electron chi connectivity index (χ2n) is 4.94. The van der Waals surface area contributed by atoms with Crippen molar-refractivity contribution >= 4 is 38.1 Å². The number of esters is 1. The van der Waals surface area contributed by atoms with Crippen molar-refractivity contribution in [2.75, 3.05) is 0 Å². The van der Waals surface area contributed by atoms with Gasteiger partial charge in [-0.1, -0.05) is 33.6 Å². The third kappa shape index (κ3) is 4.90. The molecule has 0 aliphatic carbocycles. The van der Waals surface area contributed by atoms with Crippen LogP contribution >= 0.6 is 15.9 Å². The van der Waals surface area contributed by atoms with Crippen LogP contribution in [-0.4, -0.2) is 20.6 Å². The van der Waals surface area contributed by atoms with Gasteiger partial charge in [0.2, 0.25) is 0 Å². The third-order valence-electron chi connectivity index (χ3n) is 2.93. The highest BCUT2D eigenvalue weighted by atomic mass is 79.9. The number of benzene rings is 2. The minimum Gasteiger partial charge on any atom is -0.426 e.